The molecule has 1 atom stereocenters. The number of aromatic nitrogens is 3. The van der Waals surface area contributed by atoms with Crippen LogP contribution in [0.25, 0.3) is 11.1 Å². The molecule has 0 bridgehead atoms. The SMILES string of the molecule is CCOC(=O)C1=C(C)Nc2nc(SCc3ccc(-c4ccccc4)cc3)nn2[C@@H]1c1ccc([N+](=O)[O-])cc1. The van der Waals surface area contributed by atoms with Gasteiger partial charge in [0.25, 0.3) is 5.69 Å². The van der Waals surface area contributed by atoms with Crippen molar-refractivity contribution in [2.24, 2.45) is 0 Å². The Morgan fingerprint density at radius 3 is 2.39 bits per heavy atom. The number of hydrogen-bond donors (Lipinski definition) is 1. The molecule has 4 aromatic rings. The molecule has 0 radical (unpaired) electrons. The first-order valence-corrected chi connectivity index (χ1v) is 13.1. The van der Waals surface area contributed by atoms with Gasteiger partial charge in [-0.25, -0.2) is 9.48 Å². The summed E-state index contributed by atoms with van der Waals surface area (Å²) in [5.74, 6) is 0.674. The van der Waals surface area contributed by atoms with E-state index in [9.17, 15) is 14.9 Å². The molecule has 1 aliphatic rings. The third-order valence-corrected chi connectivity index (χ3v) is 7.09. The summed E-state index contributed by atoms with van der Waals surface area (Å²) in [5.41, 5.74) is 5.06. The first-order valence-electron chi connectivity index (χ1n) is 12.1. The van der Waals surface area contributed by atoms with Gasteiger partial charge in [0.2, 0.25) is 11.1 Å². The zero-order valence-corrected chi connectivity index (χ0v) is 21.6. The van der Waals surface area contributed by atoms with Gasteiger partial charge in [-0.2, -0.15) is 4.98 Å². The lowest BCUT2D eigenvalue weighted by molar-refractivity contribution is -0.384. The lowest BCUT2D eigenvalue weighted by atomic mass is 9.95. The number of ether oxygens (including phenoxy) is 1. The van der Waals surface area contributed by atoms with Crippen LogP contribution in [0, 0.1) is 10.1 Å². The number of nitro benzene ring substituents is 1. The quantitative estimate of drug-likeness (QED) is 0.129. The third-order valence-electron chi connectivity index (χ3n) is 6.18. The Hall–Kier alpha value is -4.44. The number of nitrogens with zero attached hydrogens (tertiary/aromatic N) is 4. The Kier molecular flexibility index (Phi) is 7.23. The van der Waals surface area contributed by atoms with Crippen molar-refractivity contribution in [2.75, 3.05) is 11.9 Å². The number of thioether (sulfide) groups is 1. The molecule has 0 amide bonds. The lowest BCUT2D eigenvalue weighted by Gasteiger charge is -2.28. The molecule has 5 rings (SSSR count). The largest absolute Gasteiger partial charge is 0.463 e. The summed E-state index contributed by atoms with van der Waals surface area (Å²) in [5, 5.41) is 19.6. The summed E-state index contributed by atoms with van der Waals surface area (Å²) < 4.78 is 6.96. The Labute approximate surface area is 223 Å². The normalized spacial score (nSPS) is 14.5. The number of carbonyl (C=O) groups is 1. The predicted molar refractivity (Wildman–Crippen MR) is 146 cm³/mol. The molecule has 0 fully saturated rings. The number of anilines is 1. The van der Waals surface area contributed by atoms with Crippen LogP contribution in [-0.2, 0) is 15.3 Å². The van der Waals surface area contributed by atoms with Crippen LogP contribution in [0.3, 0.4) is 0 Å². The smallest absolute Gasteiger partial charge is 0.338 e. The first kappa shape index (κ1) is 25.2. The molecular formula is C28H25N5O4S. The fraction of sp³-hybridized carbons (Fsp3) is 0.179. The maximum absolute atomic E-state index is 12.9. The minimum absolute atomic E-state index is 0.0330. The van der Waals surface area contributed by atoms with Gasteiger partial charge in [-0.15, -0.1) is 5.10 Å². The van der Waals surface area contributed by atoms with Crippen molar-refractivity contribution in [3.63, 3.8) is 0 Å². The van der Waals surface area contributed by atoms with Crippen molar-refractivity contribution in [2.45, 2.75) is 30.8 Å². The van der Waals surface area contributed by atoms with Crippen LogP contribution in [0.2, 0.25) is 0 Å². The molecule has 0 aliphatic carbocycles. The monoisotopic (exact) mass is 527 g/mol. The van der Waals surface area contributed by atoms with E-state index in [1.807, 2.05) is 18.2 Å². The molecule has 1 aromatic heterocycles. The van der Waals surface area contributed by atoms with E-state index < -0.39 is 16.9 Å². The molecule has 10 heteroatoms. The van der Waals surface area contributed by atoms with Crippen molar-refractivity contribution in [3.05, 3.63) is 111 Å². The van der Waals surface area contributed by atoms with Crippen LogP contribution in [0.4, 0.5) is 11.6 Å². The van der Waals surface area contributed by atoms with Gasteiger partial charge in [0, 0.05) is 23.6 Å². The fourth-order valence-electron chi connectivity index (χ4n) is 4.32. The minimum atomic E-state index is -0.641. The van der Waals surface area contributed by atoms with E-state index in [1.54, 1.807) is 30.7 Å². The van der Waals surface area contributed by atoms with Crippen LogP contribution in [-0.4, -0.2) is 32.3 Å². The second-order valence-corrected chi connectivity index (χ2v) is 9.59. The molecule has 9 nitrogen and oxygen atoms in total. The van der Waals surface area contributed by atoms with E-state index in [1.165, 1.54) is 29.5 Å². The lowest BCUT2D eigenvalue weighted by Crippen LogP contribution is -2.29. The van der Waals surface area contributed by atoms with Gasteiger partial charge >= 0.3 is 5.97 Å². The number of carbonyl (C=O) groups excluding carboxylic acids is 1. The number of nitrogens with one attached hydrogen (secondary N) is 1. The van der Waals surface area contributed by atoms with E-state index in [2.05, 4.69) is 46.7 Å². The number of nitro groups is 1. The third kappa shape index (κ3) is 5.16. The van der Waals surface area contributed by atoms with Gasteiger partial charge in [0.1, 0.15) is 6.04 Å². The standard InChI is InChI=1S/C28H25N5O4S/c1-3-37-26(34)24-18(2)29-27-30-28(31-32(27)25(24)22-13-15-23(16-14-22)33(35)36)38-17-19-9-11-21(12-10-19)20-7-5-4-6-8-20/h4-16,25H,3,17H2,1-2H3,(H,29,30,31)/t25-/m1/s1. The highest BCUT2D eigenvalue weighted by atomic mass is 32.2. The van der Waals surface area contributed by atoms with E-state index >= 15 is 0 Å². The summed E-state index contributed by atoms with van der Waals surface area (Å²) in [6.45, 7) is 3.74. The van der Waals surface area contributed by atoms with Gasteiger partial charge in [-0.1, -0.05) is 66.4 Å². The van der Waals surface area contributed by atoms with Crippen molar-refractivity contribution in [3.8, 4) is 11.1 Å². The van der Waals surface area contributed by atoms with Gasteiger partial charge < -0.3 is 10.1 Å². The molecule has 2 heterocycles. The molecule has 192 valence electrons. The average molecular weight is 528 g/mol. The number of rotatable bonds is 8. The molecule has 1 aliphatic heterocycles. The maximum Gasteiger partial charge on any atom is 0.338 e. The highest BCUT2D eigenvalue weighted by molar-refractivity contribution is 7.98. The molecule has 38 heavy (non-hydrogen) atoms. The maximum atomic E-state index is 12.9. The van der Waals surface area contributed by atoms with Gasteiger partial charge in [0.05, 0.1) is 17.1 Å². The number of fused-ring (bicyclic) bond motifs is 1. The van der Waals surface area contributed by atoms with Crippen molar-refractivity contribution in [1.82, 2.24) is 14.8 Å². The van der Waals surface area contributed by atoms with Crippen LogP contribution < -0.4 is 5.32 Å². The van der Waals surface area contributed by atoms with Gasteiger partial charge in [0.15, 0.2) is 0 Å². The van der Waals surface area contributed by atoms with E-state index in [-0.39, 0.29) is 12.3 Å². The summed E-state index contributed by atoms with van der Waals surface area (Å²) >= 11 is 1.49. The van der Waals surface area contributed by atoms with Crippen LogP contribution in [0.5, 0.6) is 0 Å². The second-order valence-electron chi connectivity index (χ2n) is 8.65. The average Bonchev–Trinajstić information content (AvgIpc) is 3.34. The van der Waals surface area contributed by atoms with Crippen LogP contribution >= 0.6 is 11.8 Å². The van der Waals surface area contributed by atoms with E-state index in [4.69, 9.17) is 9.84 Å². The summed E-state index contributed by atoms with van der Waals surface area (Å²) in [6.07, 6.45) is 0. The number of hydrogen-bond acceptors (Lipinski definition) is 8. The Morgan fingerprint density at radius 2 is 1.74 bits per heavy atom. The number of esters is 1. The highest BCUT2D eigenvalue weighted by Crippen LogP contribution is 2.37. The Bertz CT molecular complexity index is 1500. The zero-order chi connectivity index (χ0) is 26.6. The number of non-ortho nitro benzene ring substituents is 1. The van der Waals surface area contributed by atoms with Crippen molar-refractivity contribution >= 4 is 29.4 Å². The van der Waals surface area contributed by atoms with E-state index in [0.717, 1.165) is 11.1 Å². The number of allylic oxidation sites excluding steroid dienone is 1. The summed E-state index contributed by atoms with van der Waals surface area (Å²) in [6, 6.07) is 24.0. The Balaban J connectivity index is 1.40. The Morgan fingerprint density at radius 1 is 1.05 bits per heavy atom. The van der Waals surface area contributed by atoms with Crippen LogP contribution in [0.1, 0.15) is 31.0 Å². The van der Waals surface area contributed by atoms with Gasteiger partial charge in [-0.3, -0.25) is 10.1 Å². The van der Waals surface area contributed by atoms with Crippen molar-refractivity contribution < 1.29 is 14.5 Å². The highest BCUT2D eigenvalue weighted by Gasteiger charge is 2.35. The topological polar surface area (TPSA) is 112 Å². The molecule has 3 aromatic carbocycles. The number of benzene rings is 3. The van der Waals surface area contributed by atoms with Crippen LogP contribution in [0.15, 0.2) is 95.3 Å². The summed E-state index contributed by atoms with van der Waals surface area (Å²) in [4.78, 5) is 28.3. The zero-order valence-electron chi connectivity index (χ0n) is 20.8. The second kappa shape index (κ2) is 10.9. The molecule has 0 saturated carbocycles. The minimum Gasteiger partial charge on any atom is -0.463 e. The summed E-state index contributed by atoms with van der Waals surface area (Å²) in [7, 11) is 0. The van der Waals surface area contributed by atoms with Gasteiger partial charge in [-0.05, 0) is 48.2 Å². The fourth-order valence-corrected chi connectivity index (χ4v) is 5.11. The molecular weight excluding hydrogens is 502 g/mol. The molecule has 1 N–H and O–H groups in total. The molecule has 0 saturated heterocycles. The predicted octanol–water partition coefficient (Wildman–Crippen LogP) is 6.00. The van der Waals surface area contributed by atoms with Crippen molar-refractivity contribution in [1.29, 1.82) is 0 Å². The van der Waals surface area contributed by atoms with E-state index in [0.29, 0.717) is 33.7 Å². The molecule has 0 unspecified atom stereocenters. The molecule has 0 spiro atoms. The first-order chi connectivity index (χ1) is 18.4.